The smallest absolute Gasteiger partial charge is 0.353 e. The van der Waals surface area contributed by atoms with Crippen molar-refractivity contribution < 1.29 is 9.90 Å². The molecule has 1 atom stereocenters. The standard InChI is InChI=1S/C14H15ClN2O2S/c1-2-10(7-9-5-3-4-6-11(9)15)20-14-16-8-12(17-14)13(18)19/h3-6,8,10H,2,7H2,1H3,(H,16,17)(H,18,19). The highest BCUT2D eigenvalue weighted by Crippen LogP contribution is 2.28. The first-order valence-corrected chi connectivity index (χ1v) is 7.54. The minimum Gasteiger partial charge on any atom is -0.477 e. The zero-order valence-electron chi connectivity index (χ0n) is 11.0. The van der Waals surface area contributed by atoms with Gasteiger partial charge in [0.05, 0.1) is 6.20 Å². The fraction of sp³-hybridized carbons (Fsp3) is 0.286. The van der Waals surface area contributed by atoms with Gasteiger partial charge in [0.25, 0.3) is 0 Å². The van der Waals surface area contributed by atoms with Crippen LogP contribution >= 0.6 is 23.4 Å². The van der Waals surface area contributed by atoms with Crippen molar-refractivity contribution in [2.45, 2.75) is 30.2 Å². The van der Waals surface area contributed by atoms with Crippen LogP contribution in [0.4, 0.5) is 0 Å². The van der Waals surface area contributed by atoms with Gasteiger partial charge in [-0.2, -0.15) is 0 Å². The third-order valence-electron chi connectivity index (χ3n) is 2.92. The van der Waals surface area contributed by atoms with Crippen LogP contribution in [-0.2, 0) is 6.42 Å². The van der Waals surface area contributed by atoms with E-state index in [2.05, 4.69) is 16.9 Å². The Morgan fingerprint density at radius 1 is 1.50 bits per heavy atom. The molecule has 20 heavy (non-hydrogen) atoms. The first kappa shape index (κ1) is 14.9. The Balaban J connectivity index is 2.05. The van der Waals surface area contributed by atoms with Gasteiger partial charge in [0.1, 0.15) is 5.69 Å². The number of imidazole rings is 1. The molecule has 4 nitrogen and oxygen atoms in total. The Morgan fingerprint density at radius 3 is 2.85 bits per heavy atom. The molecular weight excluding hydrogens is 296 g/mol. The van der Waals surface area contributed by atoms with Gasteiger partial charge >= 0.3 is 5.97 Å². The van der Waals surface area contributed by atoms with E-state index in [9.17, 15) is 4.79 Å². The Labute approximate surface area is 126 Å². The Bertz CT molecular complexity index is 600. The SMILES string of the molecule is CCC(Cc1ccccc1Cl)Sc1ncc(C(=O)O)[nH]1. The number of benzene rings is 1. The molecule has 106 valence electrons. The summed E-state index contributed by atoms with van der Waals surface area (Å²) in [6.45, 7) is 2.09. The van der Waals surface area contributed by atoms with Gasteiger partial charge in [-0.3, -0.25) is 0 Å². The molecule has 0 aliphatic heterocycles. The molecule has 2 rings (SSSR count). The predicted octanol–water partition coefficient (Wildman–Crippen LogP) is 3.87. The molecule has 0 spiro atoms. The van der Waals surface area contributed by atoms with E-state index in [-0.39, 0.29) is 5.69 Å². The van der Waals surface area contributed by atoms with Crippen LogP contribution in [0.5, 0.6) is 0 Å². The molecule has 2 aromatic rings. The predicted molar refractivity (Wildman–Crippen MR) is 80.6 cm³/mol. The van der Waals surface area contributed by atoms with E-state index < -0.39 is 5.97 Å². The highest BCUT2D eigenvalue weighted by molar-refractivity contribution is 7.99. The lowest BCUT2D eigenvalue weighted by Gasteiger charge is -2.13. The average molecular weight is 311 g/mol. The van der Waals surface area contributed by atoms with Gasteiger partial charge < -0.3 is 10.1 Å². The molecule has 0 bridgehead atoms. The molecular formula is C14H15ClN2O2S. The van der Waals surface area contributed by atoms with Crippen molar-refractivity contribution in [1.29, 1.82) is 0 Å². The van der Waals surface area contributed by atoms with Crippen molar-refractivity contribution in [1.82, 2.24) is 9.97 Å². The zero-order valence-corrected chi connectivity index (χ0v) is 12.5. The van der Waals surface area contributed by atoms with E-state index in [4.69, 9.17) is 16.7 Å². The number of rotatable bonds is 6. The molecule has 1 aromatic carbocycles. The first-order chi connectivity index (χ1) is 9.60. The summed E-state index contributed by atoms with van der Waals surface area (Å²) in [6.07, 6.45) is 3.11. The Morgan fingerprint density at radius 2 is 2.25 bits per heavy atom. The zero-order chi connectivity index (χ0) is 14.5. The summed E-state index contributed by atoms with van der Waals surface area (Å²) in [5.41, 5.74) is 1.21. The molecule has 0 saturated carbocycles. The molecule has 1 aromatic heterocycles. The maximum atomic E-state index is 10.8. The van der Waals surface area contributed by atoms with E-state index in [1.165, 1.54) is 6.20 Å². The second-order valence-corrected chi connectivity index (χ2v) is 6.05. The van der Waals surface area contributed by atoms with Crippen LogP contribution in [0, 0.1) is 0 Å². The summed E-state index contributed by atoms with van der Waals surface area (Å²) >= 11 is 7.71. The fourth-order valence-electron chi connectivity index (χ4n) is 1.81. The van der Waals surface area contributed by atoms with Gasteiger partial charge in [-0.25, -0.2) is 9.78 Å². The summed E-state index contributed by atoms with van der Waals surface area (Å²) in [5.74, 6) is -0.997. The fourth-order valence-corrected chi connectivity index (χ4v) is 3.05. The van der Waals surface area contributed by atoms with Gasteiger partial charge in [-0.05, 0) is 24.5 Å². The van der Waals surface area contributed by atoms with Crippen LogP contribution in [0.25, 0.3) is 0 Å². The van der Waals surface area contributed by atoms with Crippen molar-refractivity contribution >= 4 is 29.3 Å². The van der Waals surface area contributed by atoms with Gasteiger partial charge in [0.15, 0.2) is 5.16 Å². The van der Waals surface area contributed by atoms with Crippen LogP contribution in [0.15, 0.2) is 35.6 Å². The number of nitrogens with one attached hydrogen (secondary N) is 1. The topological polar surface area (TPSA) is 66.0 Å². The second-order valence-electron chi connectivity index (χ2n) is 4.35. The van der Waals surface area contributed by atoms with Crippen LogP contribution in [-0.4, -0.2) is 26.3 Å². The normalized spacial score (nSPS) is 12.3. The van der Waals surface area contributed by atoms with Crippen molar-refractivity contribution in [3.63, 3.8) is 0 Å². The van der Waals surface area contributed by atoms with E-state index in [1.807, 2.05) is 24.3 Å². The molecule has 1 heterocycles. The largest absolute Gasteiger partial charge is 0.477 e. The number of aromatic nitrogens is 2. The molecule has 0 aliphatic rings. The third-order valence-corrected chi connectivity index (χ3v) is 4.55. The van der Waals surface area contributed by atoms with Crippen LogP contribution in [0.3, 0.4) is 0 Å². The molecule has 0 fully saturated rings. The van der Waals surface area contributed by atoms with Crippen LogP contribution < -0.4 is 0 Å². The van der Waals surface area contributed by atoms with E-state index in [1.54, 1.807) is 11.8 Å². The van der Waals surface area contributed by atoms with E-state index >= 15 is 0 Å². The van der Waals surface area contributed by atoms with Crippen molar-refractivity contribution in [3.05, 3.63) is 46.7 Å². The number of carboxylic acid groups (broad SMARTS) is 1. The Kier molecular flexibility index (Phi) is 5.09. The van der Waals surface area contributed by atoms with Crippen molar-refractivity contribution in [3.8, 4) is 0 Å². The van der Waals surface area contributed by atoms with Crippen LogP contribution in [0.2, 0.25) is 5.02 Å². The Hall–Kier alpha value is -1.46. The van der Waals surface area contributed by atoms with Gasteiger partial charge in [0, 0.05) is 10.3 Å². The lowest BCUT2D eigenvalue weighted by Crippen LogP contribution is -2.06. The van der Waals surface area contributed by atoms with Gasteiger partial charge in [0.2, 0.25) is 0 Å². The first-order valence-electron chi connectivity index (χ1n) is 6.28. The third kappa shape index (κ3) is 3.77. The van der Waals surface area contributed by atoms with Crippen molar-refractivity contribution in [2.75, 3.05) is 0 Å². The summed E-state index contributed by atoms with van der Waals surface area (Å²) in [4.78, 5) is 17.7. The average Bonchev–Trinajstić information content (AvgIpc) is 2.89. The molecule has 2 N–H and O–H groups in total. The minimum atomic E-state index is -0.997. The number of hydrogen-bond acceptors (Lipinski definition) is 3. The van der Waals surface area contributed by atoms with Gasteiger partial charge in [-0.15, -0.1) is 0 Å². The molecule has 6 heteroatoms. The summed E-state index contributed by atoms with van der Waals surface area (Å²) in [7, 11) is 0. The van der Waals surface area contributed by atoms with Gasteiger partial charge in [-0.1, -0.05) is 48.5 Å². The monoisotopic (exact) mass is 310 g/mol. The number of H-pyrrole nitrogens is 1. The van der Waals surface area contributed by atoms with Crippen molar-refractivity contribution in [2.24, 2.45) is 0 Å². The lowest BCUT2D eigenvalue weighted by molar-refractivity contribution is 0.0690. The highest BCUT2D eigenvalue weighted by Gasteiger charge is 2.15. The highest BCUT2D eigenvalue weighted by atomic mass is 35.5. The number of aromatic amines is 1. The number of carboxylic acids is 1. The maximum Gasteiger partial charge on any atom is 0.353 e. The second kappa shape index (κ2) is 6.81. The quantitative estimate of drug-likeness (QED) is 0.795. The lowest BCUT2D eigenvalue weighted by atomic mass is 10.1. The number of nitrogens with zero attached hydrogens (tertiary/aromatic N) is 1. The van der Waals surface area contributed by atoms with E-state index in [0.29, 0.717) is 10.4 Å². The number of halogens is 1. The van der Waals surface area contributed by atoms with E-state index in [0.717, 1.165) is 23.4 Å². The van der Waals surface area contributed by atoms with Crippen LogP contribution in [0.1, 0.15) is 29.4 Å². The minimum absolute atomic E-state index is 0.111. The summed E-state index contributed by atoms with van der Waals surface area (Å²) < 4.78 is 0. The number of hydrogen-bond donors (Lipinski definition) is 2. The summed E-state index contributed by atoms with van der Waals surface area (Å²) in [6, 6.07) is 7.76. The molecule has 0 saturated heterocycles. The maximum absolute atomic E-state index is 10.8. The molecule has 0 radical (unpaired) electrons. The number of carbonyl (C=O) groups is 1. The number of aromatic carboxylic acids is 1. The molecule has 0 amide bonds. The molecule has 1 unspecified atom stereocenters. The summed E-state index contributed by atoms with van der Waals surface area (Å²) in [5, 5.41) is 10.5. The molecule has 0 aliphatic carbocycles. The number of thioether (sulfide) groups is 1.